The van der Waals surface area contributed by atoms with Gasteiger partial charge in [0.1, 0.15) is 5.76 Å². The van der Waals surface area contributed by atoms with E-state index < -0.39 is 0 Å². The molecule has 1 aliphatic heterocycles. The summed E-state index contributed by atoms with van der Waals surface area (Å²) < 4.78 is 5.66. The summed E-state index contributed by atoms with van der Waals surface area (Å²) in [5.74, 6) is 0.740. The molecule has 0 aromatic heterocycles. The molecule has 102 valence electrons. The third kappa shape index (κ3) is 4.99. The van der Waals surface area contributed by atoms with Crippen LogP contribution < -0.4 is 0 Å². The van der Waals surface area contributed by atoms with Gasteiger partial charge in [0.2, 0.25) is 0 Å². The molecule has 0 aromatic carbocycles. The number of rotatable bonds is 3. The largest absolute Gasteiger partial charge is 0.464 e. The predicted molar refractivity (Wildman–Crippen MR) is 88.0 cm³/mol. The molecule has 0 aliphatic carbocycles. The Kier molecular flexibility index (Phi) is 6.63. The maximum absolute atomic E-state index is 5.66. The Balaban J connectivity index is 3.16. The Bertz CT molecular complexity index is 561. The Morgan fingerprint density at radius 2 is 1.80 bits per heavy atom. The molecule has 0 spiro atoms. The molecule has 0 amide bonds. The van der Waals surface area contributed by atoms with E-state index >= 15 is 0 Å². The van der Waals surface area contributed by atoms with Gasteiger partial charge in [0.05, 0.1) is 6.26 Å². The number of hydrogen-bond acceptors (Lipinski definition) is 1. The van der Waals surface area contributed by atoms with Crippen LogP contribution in [0.2, 0.25) is 0 Å². The minimum Gasteiger partial charge on any atom is -0.464 e. The highest BCUT2D eigenvalue weighted by molar-refractivity contribution is 5.46. The van der Waals surface area contributed by atoms with Crippen LogP contribution in [-0.4, -0.2) is 0 Å². The van der Waals surface area contributed by atoms with Crippen molar-refractivity contribution >= 4 is 0 Å². The lowest BCUT2D eigenvalue weighted by Gasteiger charge is -2.06. The van der Waals surface area contributed by atoms with Crippen molar-refractivity contribution < 1.29 is 4.74 Å². The standard InChI is InChI=1S/C19H20O/c1-5-10-18(11-6-2)19-14-9-13-17(4)16(3)12-7-8-15-20-19/h5-15H,1,3-4H2,2H3/b11-6-,12-7-,13-9-,15-8-,18-10+,19-14-. The summed E-state index contributed by atoms with van der Waals surface area (Å²) in [6, 6.07) is 0. The van der Waals surface area contributed by atoms with Crippen molar-refractivity contribution in [3.8, 4) is 0 Å². The summed E-state index contributed by atoms with van der Waals surface area (Å²) >= 11 is 0. The van der Waals surface area contributed by atoms with Gasteiger partial charge in [0.15, 0.2) is 0 Å². The highest BCUT2D eigenvalue weighted by Crippen LogP contribution is 2.16. The fourth-order valence-corrected chi connectivity index (χ4v) is 1.53. The van der Waals surface area contributed by atoms with Crippen LogP contribution in [0.4, 0.5) is 0 Å². The summed E-state index contributed by atoms with van der Waals surface area (Å²) in [6.45, 7) is 13.6. The smallest absolute Gasteiger partial charge is 0.133 e. The first-order valence-electron chi connectivity index (χ1n) is 6.41. The van der Waals surface area contributed by atoms with E-state index in [0.717, 1.165) is 22.5 Å². The molecule has 0 N–H and O–H groups in total. The van der Waals surface area contributed by atoms with Gasteiger partial charge < -0.3 is 4.74 Å². The van der Waals surface area contributed by atoms with Crippen molar-refractivity contribution in [1.82, 2.24) is 0 Å². The van der Waals surface area contributed by atoms with E-state index in [1.165, 1.54) is 0 Å². The molecule has 0 atom stereocenters. The zero-order valence-electron chi connectivity index (χ0n) is 11.9. The third-order valence-corrected chi connectivity index (χ3v) is 2.57. The fraction of sp³-hybridized carbons (Fsp3) is 0.0526. The second kappa shape index (κ2) is 8.54. The molecule has 1 rings (SSSR count). The van der Waals surface area contributed by atoms with E-state index in [9.17, 15) is 0 Å². The first-order chi connectivity index (χ1) is 9.69. The maximum Gasteiger partial charge on any atom is 0.133 e. The molecule has 20 heavy (non-hydrogen) atoms. The van der Waals surface area contributed by atoms with Crippen molar-refractivity contribution in [2.45, 2.75) is 6.92 Å². The topological polar surface area (TPSA) is 9.23 Å². The summed E-state index contributed by atoms with van der Waals surface area (Å²) in [4.78, 5) is 0. The first kappa shape index (κ1) is 15.5. The molecule has 1 heteroatoms. The van der Waals surface area contributed by atoms with Gasteiger partial charge in [-0.25, -0.2) is 0 Å². The van der Waals surface area contributed by atoms with Gasteiger partial charge in [-0.1, -0.05) is 68.3 Å². The number of ether oxygens (including phenoxy) is 1. The van der Waals surface area contributed by atoms with E-state index in [2.05, 4.69) is 19.7 Å². The van der Waals surface area contributed by atoms with Crippen molar-refractivity contribution in [1.29, 1.82) is 0 Å². The predicted octanol–water partition coefficient (Wildman–Crippen LogP) is 5.33. The van der Waals surface area contributed by atoms with E-state index in [-0.39, 0.29) is 0 Å². The Morgan fingerprint density at radius 3 is 2.45 bits per heavy atom. The number of hydrogen-bond donors (Lipinski definition) is 0. The fourth-order valence-electron chi connectivity index (χ4n) is 1.53. The van der Waals surface area contributed by atoms with Crippen LogP contribution in [0.3, 0.4) is 0 Å². The van der Waals surface area contributed by atoms with Gasteiger partial charge in [-0.3, -0.25) is 0 Å². The van der Waals surface area contributed by atoms with Crippen LogP contribution in [0, 0.1) is 0 Å². The Labute approximate surface area is 121 Å². The first-order valence-corrected chi connectivity index (χ1v) is 6.41. The molecule has 0 bridgehead atoms. The van der Waals surface area contributed by atoms with Gasteiger partial charge >= 0.3 is 0 Å². The monoisotopic (exact) mass is 264 g/mol. The second-order valence-electron chi connectivity index (χ2n) is 4.10. The Morgan fingerprint density at radius 1 is 1.10 bits per heavy atom. The van der Waals surface area contributed by atoms with E-state index in [1.807, 2.05) is 61.6 Å². The minimum atomic E-state index is 0.740. The molecule has 0 fully saturated rings. The van der Waals surface area contributed by atoms with Crippen LogP contribution in [0.25, 0.3) is 0 Å². The lowest BCUT2D eigenvalue weighted by molar-refractivity contribution is 0.363. The van der Waals surface area contributed by atoms with Gasteiger partial charge in [0, 0.05) is 5.57 Å². The lowest BCUT2D eigenvalue weighted by Crippen LogP contribution is -1.89. The SMILES string of the molecule is C=C/C=C(\C=C/C)C1=C/C=C\C(=C)C(=C)/C=C\C=C/O\1. The van der Waals surface area contributed by atoms with Crippen molar-refractivity contribution in [3.63, 3.8) is 0 Å². The zero-order chi connectivity index (χ0) is 14.8. The van der Waals surface area contributed by atoms with E-state index in [4.69, 9.17) is 4.74 Å². The molecule has 1 aliphatic rings. The molecule has 0 saturated carbocycles. The lowest BCUT2D eigenvalue weighted by atomic mass is 10.1. The average Bonchev–Trinajstić information content (AvgIpc) is 2.47. The van der Waals surface area contributed by atoms with Gasteiger partial charge in [0.25, 0.3) is 0 Å². The zero-order valence-corrected chi connectivity index (χ0v) is 11.9. The summed E-state index contributed by atoms with van der Waals surface area (Å²) in [6.07, 6.45) is 20.5. The molecular formula is C19H20O. The van der Waals surface area contributed by atoms with Crippen molar-refractivity contribution in [2.75, 3.05) is 0 Å². The molecular weight excluding hydrogens is 244 g/mol. The van der Waals surface area contributed by atoms with Crippen LogP contribution in [0.1, 0.15) is 6.92 Å². The second-order valence-corrected chi connectivity index (χ2v) is 4.10. The van der Waals surface area contributed by atoms with Gasteiger partial charge in [-0.2, -0.15) is 0 Å². The summed E-state index contributed by atoms with van der Waals surface area (Å²) in [5.41, 5.74) is 2.69. The number of allylic oxidation sites excluding steroid dienone is 12. The highest BCUT2D eigenvalue weighted by atomic mass is 16.5. The van der Waals surface area contributed by atoms with Gasteiger partial charge in [-0.15, -0.1) is 0 Å². The minimum absolute atomic E-state index is 0.740. The molecule has 0 aromatic rings. The highest BCUT2D eigenvalue weighted by Gasteiger charge is 2.01. The van der Waals surface area contributed by atoms with Gasteiger partial charge in [-0.05, 0) is 30.2 Å². The maximum atomic E-state index is 5.66. The quantitative estimate of drug-likeness (QED) is 0.626. The molecule has 0 radical (unpaired) electrons. The summed E-state index contributed by atoms with van der Waals surface area (Å²) in [7, 11) is 0. The van der Waals surface area contributed by atoms with E-state index in [0.29, 0.717) is 0 Å². The molecule has 0 unspecified atom stereocenters. The average molecular weight is 264 g/mol. The van der Waals surface area contributed by atoms with Crippen LogP contribution >= 0.6 is 0 Å². The Hall–Kier alpha value is -2.54. The van der Waals surface area contributed by atoms with Crippen LogP contribution in [-0.2, 0) is 4.74 Å². The van der Waals surface area contributed by atoms with E-state index in [1.54, 1.807) is 12.3 Å². The van der Waals surface area contributed by atoms with Crippen molar-refractivity contribution in [2.24, 2.45) is 0 Å². The normalized spacial score (nSPS) is 24.2. The molecule has 0 saturated heterocycles. The van der Waals surface area contributed by atoms with Crippen LogP contribution in [0.5, 0.6) is 0 Å². The van der Waals surface area contributed by atoms with Crippen LogP contribution in [0.15, 0.2) is 109 Å². The molecule has 1 nitrogen and oxygen atoms in total. The third-order valence-electron chi connectivity index (χ3n) is 2.57. The molecule has 1 heterocycles. The summed E-state index contributed by atoms with van der Waals surface area (Å²) in [5, 5.41) is 0. The van der Waals surface area contributed by atoms with Crippen molar-refractivity contribution in [3.05, 3.63) is 109 Å².